The molecule has 14 heavy (non-hydrogen) atoms. The maximum absolute atomic E-state index is 10.9. The van der Waals surface area contributed by atoms with Gasteiger partial charge in [-0.05, 0) is 12.1 Å². The van der Waals surface area contributed by atoms with Crippen molar-refractivity contribution in [2.75, 3.05) is 19.5 Å². The lowest BCUT2D eigenvalue weighted by molar-refractivity contribution is 0.398. The molecule has 0 saturated carbocycles. The van der Waals surface area contributed by atoms with Gasteiger partial charge in [-0.15, -0.1) is 0 Å². The van der Waals surface area contributed by atoms with E-state index in [9.17, 15) is 8.42 Å². The van der Waals surface area contributed by atoms with Gasteiger partial charge in [-0.1, -0.05) is 0 Å². The first kappa shape index (κ1) is 10.8. The lowest BCUT2D eigenvalue weighted by atomic mass is 10.3. The zero-order valence-electron chi connectivity index (χ0n) is 7.81. The van der Waals surface area contributed by atoms with Gasteiger partial charge in [-0.25, -0.2) is 0 Å². The molecule has 0 heterocycles. The molecule has 1 aromatic rings. The maximum atomic E-state index is 10.9. The molecule has 0 radical (unpaired) electrons. The van der Waals surface area contributed by atoms with Crippen molar-refractivity contribution >= 4 is 15.8 Å². The van der Waals surface area contributed by atoms with Crippen LogP contribution in [0.4, 0.5) is 5.69 Å². The number of hydrogen-bond donors (Lipinski definition) is 2. The molecule has 0 spiro atoms. The Hall–Kier alpha value is -1.27. The van der Waals surface area contributed by atoms with Crippen LogP contribution in [0.2, 0.25) is 0 Å². The van der Waals surface area contributed by atoms with Crippen LogP contribution in [-0.2, 0) is 10.1 Å². The molecular formula is C8H11NO4S. The molecule has 2 N–H and O–H groups in total. The average molecular weight is 217 g/mol. The molecule has 0 aliphatic heterocycles. The topological polar surface area (TPSA) is 75.6 Å². The van der Waals surface area contributed by atoms with E-state index >= 15 is 0 Å². The van der Waals surface area contributed by atoms with E-state index in [4.69, 9.17) is 9.29 Å². The zero-order valence-corrected chi connectivity index (χ0v) is 8.63. The van der Waals surface area contributed by atoms with Crippen LogP contribution in [0.3, 0.4) is 0 Å². The number of benzene rings is 1. The number of anilines is 1. The van der Waals surface area contributed by atoms with Gasteiger partial charge in [0.05, 0.1) is 7.11 Å². The van der Waals surface area contributed by atoms with E-state index in [2.05, 4.69) is 5.32 Å². The molecule has 0 amide bonds. The SMILES string of the molecule is CNc1ccc(S(=O)(=O)O)c(OC)c1. The van der Waals surface area contributed by atoms with Crippen LogP contribution in [0, 0.1) is 0 Å². The van der Waals surface area contributed by atoms with Gasteiger partial charge >= 0.3 is 0 Å². The molecule has 0 aromatic heterocycles. The summed E-state index contributed by atoms with van der Waals surface area (Å²) >= 11 is 0. The largest absolute Gasteiger partial charge is 0.495 e. The van der Waals surface area contributed by atoms with Gasteiger partial charge in [0.15, 0.2) is 0 Å². The summed E-state index contributed by atoms with van der Waals surface area (Å²) in [6.07, 6.45) is 0. The normalized spacial score (nSPS) is 11.1. The summed E-state index contributed by atoms with van der Waals surface area (Å²) in [5.74, 6) is 0.111. The number of hydrogen-bond acceptors (Lipinski definition) is 4. The number of ether oxygens (including phenoxy) is 1. The highest BCUT2D eigenvalue weighted by molar-refractivity contribution is 7.86. The quantitative estimate of drug-likeness (QED) is 0.738. The van der Waals surface area contributed by atoms with Gasteiger partial charge in [0.1, 0.15) is 10.6 Å². The Morgan fingerprint density at radius 3 is 2.50 bits per heavy atom. The molecular weight excluding hydrogens is 206 g/mol. The minimum Gasteiger partial charge on any atom is -0.495 e. The highest BCUT2D eigenvalue weighted by atomic mass is 32.2. The van der Waals surface area contributed by atoms with Crippen molar-refractivity contribution in [1.29, 1.82) is 0 Å². The second-order valence-corrected chi connectivity index (χ2v) is 3.98. The van der Waals surface area contributed by atoms with E-state index < -0.39 is 10.1 Å². The molecule has 0 fully saturated rings. The first-order chi connectivity index (χ1) is 6.49. The summed E-state index contributed by atoms with van der Waals surface area (Å²) in [4.78, 5) is -0.237. The Morgan fingerprint density at radius 1 is 1.43 bits per heavy atom. The van der Waals surface area contributed by atoms with Crippen LogP contribution >= 0.6 is 0 Å². The fourth-order valence-corrected chi connectivity index (χ4v) is 1.67. The lowest BCUT2D eigenvalue weighted by Crippen LogP contribution is -2.02. The van der Waals surface area contributed by atoms with Gasteiger partial charge in [-0.2, -0.15) is 8.42 Å². The van der Waals surface area contributed by atoms with E-state index in [1.54, 1.807) is 7.05 Å². The first-order valence-corrected chi connectivity index (χ1v) is 5.26. The van der Waals surface area contributed by atoms with Crippen LogP contribution in [0.1, 0.15) is 0 Å². The predicted octanol–water partition coefficient (Wildman–Crippen LogP) is 0.984. The number of methoxy groups -OCH3 is 1. The van der Waals surface area contributed by atoms with Crippen molar-refractivity contribution < 1.29 is 17.7 Å². The van der Waals surface area contributed by atoms with Crippen molar-refractivity contribution in [2.24, 2.45) is 0 Å². The monoisotopic (exact) mass is 217 g/mol. The summed E-state index contributed by atoms with van der Waals surface area (Å²) in [6.45, 7) is 0. The Labute approximate surface area is 82.5 Å². The van der Waals surface area contributed by atoms with Gasteiger partial charge in [-0.3, -0.25) is 4.55 Å². The molecule has 0 saturated heterocycles. The standard InChI is InChI=1S/C8H11NO4S/c1-9-6-3-4-8(14(10,11)12)7(5-6)13-2/h3-5,9H,1-2H3,(H,10,11,12). The minimum atomic E-state index is -4.22. The van der Waals surface area contributed by atoms with Crippen LogP contribution in [0.15, 0.2) is 23.1 Å². The van der Waals surface area contributed by atoms with Crippen molar-refractivity contribution in [3.63, 3.8) is 0 Å². The summed E-state index contributed by atoms with van der Waals surface area (Å²) < 4.78 is 35.4. The van der Waals surface area contributed by atoms with Crippen molar-refractivity contribution in [1.82, 2.24) is 0 Å². The van der Waals surface area contributed by atoms with Crippen molar-refractivity contribution in [3.05, 3.63) is 18.2 Å². The average Bonchev–Trinajstić information content (AvgIpc) is 2.15. The molecule has 0 bridgehead atoms. The Kier molecular flexibility index (Phi) is 2.97. The Morgan fingerprint density at radius 2 is 2.07 bits per heavy atom. The molecule has 6 heteroatoms. The second kappa shape index (κ2) is 3.85. The first-order valence-electron chi connectivity index (χ1n) is 3.82. The summed E-state index contributed by atoms with van der Waals surface area (Å²) in [7, 11) is -1.19. The van der Waals surface area contributed by atoms with Crippen LogP contribution in [0.25, 0.3) is 0 Å². The fourth-order valence-electron chi connectivity index (χ4n) is 1.04. The highest BCUT2D eigenvalue weighted by Crippen LogP contribution is 2.26. The molecule has 0 unspecified atom stereocenters. The third kappa shape index (κ3) is 2.15. The maximum Gasteiger partial charge on any atom is 0.298 e. The van der Waals surface area contributed by atoms with E-state index in [1.165, 1.54) is 25.3 Å². The third-order valence-electron chi connectivity index (χ3n) is 1.73. The zero-order chi connectivity index (χ0) is 10.8. The Bertz CT molecular complexity index is 427. The summed E-state index contributed by atoms with van der Waals surface area (Å²) in [5, 5.41) is 2.82. The fraction of sp³-hybridized carbons (Fsp3) is 0.250. The molecule has 0 aliphatic carbocycles. The minimum absolute atomic E-state index is 0.111. The van der Waals surface area contributed by atoms with Crippen molar-refractivity contribution in [3.8, 4) is 5.75 Å². The molecule has 1 rings (SSSR count). The molecule has 0 atom stereocenters. The van der Waals surface area contributed by atoms with E-state index in [-0.39, 0.29) is 10.6 Å². The van der Waals surface area contributed by atoms with Crippen LogP contribution < -0.4 is 10.1 Å². The lowest BCUT2D eigenvalue weighted by Gasteiger charge is -2.07. The summed E-state index contributed by atoms with van der Waals surface area (Å²) in [5.41, 5.74) is 0.703. The van der Waals surface area contributed by atoms with E-state index in [0.717, 1.165) is 0 Å². The smallest absolute Gasteiger partial charge is 0.298 e. The second-order valence-electron chi connectivity index (χ2n) is 2.59. The predicted molar refractivity (Wildman–Crippen MR) is 52.4 cm³/mol. The van der Waals surface area contributed by atoms with E-state index in [1.807, 2.05) is 0 Å². The molecule has 78 valence electrons. The number of nitrogens with one attached hydrogen (secondary N) is 1. The molecule has 0 aliphatic rings. The van der Waals surface area contributed by atoms with Gasteiger partial charge in [0, 0.05) is 18.8 Å². The number of rotatable bonds is 3. The third-order valence-corrected chi connectivity index (χ3v) is 2.62. The van der Waals surface area contributed by atoms with Crippen LogP contribution in [0.5, 0.6) is 5.75 Å². The van der Waals surface area contributed by atoms with Crippen LogP contribution in [-0.4, -0.2) is 27.1 Å². The van der Waals surface area contributed by atoms with Gasteiger partial charge in [0.25, 0.3) is 10.1 Å². The van der Waals surface area contributed by atoms with Gasteiger partial charge in [0.2, 0.25) is 0 Å². The summed E-state index contributed by atoms with van der Waals surface area (Å²) in [6, 6.07) is 4.30. The highest BCUT2D eigenvalue weighted by Gasteiger charge is 2.16. The Balaban J connectivity index is 3.33. The molecule has 1 aromatic carbocycles. The van der Waals surface area contributed by atoms with Gasteiger partial charge < -0.3 is 10.1 Å². The van der Waals surface area contributed by atoms with E-state index in [0.29, 0.717) is 5.69 Å². The molecule has 5 nitrogen and oxygen atoms in total. The van der Waals surface area contributed by atoms with Crippen molar-refractivity contribution in [2.45, 2.75) is 4.90 Å².